The summed E-state index contributed by atoms with van der Waals surface area (Å²) >= 11 is 0. The number of hydrogen-bond donors (Lipinski definition) is 2. The van der Waals surface area contributed by atoms with Crippen LogP contribution < -0.4 is 11.1 Å². The van der Waals surface area contributed by atoms with Crippen LogP contribution in [0.15, 0.2) is 24.3 Å². The van der Waals surface area contributed by atoms with Crippen LogP contribution in [0, 0.1) is 6.92 Å². The van der Waals surface area contributed by atoms with Crippen molar-refractivity contribution in [1.29, 1.82) is 0 Å². The van der Waals surface area contributed by atoms with Crippen molar-refractivity contribution < 1.29 is 9.53 Å². The molecule has 0 aliphatic heterocycles. The average Bonchev–Trinajstić information content (AvgIpc) is 2.41. The average molecular weight is 324 g/mol. The van der Waals surface area contributed by atoms with Gasteiger partial charge in [-0.2, -0.15) is 15.0 Å². The zero-order valence-corrected chi connectivity index (χ0v) is 13.2. The van der Waals surface area contributed by atoms with E-state index in [9.17, 15) is 4.79 Å². The maximum Gasteiger partial charge on any atom is 0.232 e. The normalized spacial score (nSPS) is 9.91. The second-order valence-electron chi connectivity index (χ2n) is 4.57. The summed E-state index contributed by atoms with van der Waals surface area (Å²) < 4.78 is 4.78. The summed E-state index contributed by atoms with van der Waals surface area (Å²) in [5, 5.41) is 3.03. The van der Waals surface area contributed by atoms with Crippen LogP contribution in [0.5, 0.6) is 0 Å². The first kappa shape index (κ1) is 17.8. The number of Topliss-reactive ketones (excluding diaryl/α,β-unsaturated/α-hetero) is 1. The van der Waals surface area contributed by atoms with Crippen molar-refractivity contribution in [3.05, 3.63) is 35.7 Å². The summed E-state index contributed by atoms with van der Waals surface area (Å²) in [6, 6.07) is 7.75. The zero-order chi connectivity index (χ0) is 15.2. The van der Waals surface area contributed by atoms with Gasteiger partial charge in [0.25, 0.3) is 0 Å². The van der Waals surface area contributed by atoms with Gasteiger partial charge in [-0.15, -0.1) is 12.4 Å². The third-order valence-electron chi connectivity index (χ3n) is 2.67. The Morgan fingerprint density at radius 2 is 1.91 bits per heavy atom. The number of aryl methyl sites for hydroxylation is 1. The highest BCUT2D eigenvalue weighted by Crippen LogP contribution is 2.14. The van der Waals surface area contributed by atoms with E-state index in [1.54, 1.807) is 0 Å². The van der Waals surface area contributed by atoms with Crippen LogP contribution in [0.4, 0.5) is 17.6 Å². The first-order chi connectivity index (χ1) is 10.1. The number of methoxy groups -OCH3 is 1. The van der Waals surface area contributed by atoms with E-state index < -0.39 is 0 Å². The molecule has 0 spiro atoms. The van der Waals surface area contributed by atoms with E-state index in [4.69, 9.17) is 10.5 Å². The Bertz CT molecular complexity index is 634. The Hall–Kier alpha value is -2.25. The molecule has 118 valence electrons. The van der Waals surface area contributed by atoms with Crippen LogP contribution in [0.2, 0.25) is 0 Å². The molecule has 2 aromatic rings. The van der Waals surface area contributed by atoms with Gasteiger partial charge >= 0.3 is 0 Å². The number of carbonyl (C=O) groups is 1. The third-order valence-corrected chi connectivity index (χ3v) is 2.67. The molecule has 0 amide bonds. The quantitative estimate of drug-likeness (QED) is 0.833. The van der Waals surface area contributed by atoms with Crippen molar-refractivity contribution in [2.24, 2.45) is 0 Å². The monoisotopic (exact) mass is 323 g/mol. The molecule has 8 heteroatoms. The molecule has 3 N–H and O–H groups in total. The molecule has 0 aliphatic rings. The summed E-state index contributed by atoms with van der Waals surface area (Å²) in [5.41, 5.74) is 7.63. The van der Waals surface area contributed by atoms with Crippen molar-refractivity contribution in [2.75, 3.05) is 24.8 Å². The van der Waals surface area contributed by atoms with Crippen molar-refractivity contribution in [2.45, 2.75) is 13.3 Å². The number of aromatic nitrogens is 3. The van der Waals surface area contributed by atoms with Gasteiger partial charge in [0.15, 0.2) is 5.78 Å². The molecule has 0 aliphatic carbocycles. The Labute approximate surface area is 134 Å². The van der Waals surface area contributed by atoms with Crippen LogP contribution in [0.3, 0.4) is 0 Å². The summed E-state index contributed by atoms with van der Waals surface area (Å²) in [6.07, 6.45) is 0.0587. The molecule has 0 radical (unpaired) electrons. The van der Waals surface area contributed by atoms with Gasteiger partial charge in [-0.1, -0.05) is 17.7 Å². The minimum absolute atomic E-state index is 0. The van der Waals surface area contributed by atoms with E-state index in [1.165, 1.54) is 7.11 Å². The first-order valence-corrected chi connectivity index (χ1v) is 6.41. The molecule has 1 aromatic carbocycles. The highest BCUT2D eigenvalue weighted by molar-refractivity contribution is 5.85. The molecule has 0 unspecified atom stereocenters. The number of ketones is 1. The highest BCUT2D eigenvalue weighted by atomic mass is 35.5. The van der Waals surface area contributed by atoms with Crippen molar-refractivity contribution in [3.63, 3.8) is 0 Å². The largest absolute Gasteiger partial charge is 0.377 e. The minimum atomic E-state index is -0.121. The lowest BCUT2D eigenvalue weighted by atomic mass is 10.2. The smallest absolute Gasteiger partial charge is 0.232 e. The van der Waals surface area contributed by atoms with Gasteiger partial charge in [-0.25, -0.2) is 0 Å². The molecular weight excluding hydrogens is 306 g/mol. The topological polar surface area (TPSA) is 103 Å². The van der Waals surface area contributed by atoms with Gasteiger partial charge in [-0.05, 0) is 19.1 Å². The molecule has 0 bridgehead atoms. The first-order valence-electron chi connectivity index (χ1n) is 6.41. The minimum Gasteiger partial charge on any atom is -0.377 e. The van der Waals surface area contributed by atoms with Crippen LogP contribution in [-0.4, -0.2) is 34.5 Å². The van der Waals surface area contributed by atoms with Gasteiger partial charge in [-0.3, -0.25) is 4.79 Å². The number of hydrogen-bond acceptors (Lipinski definition) is 7. The fourth-order valence-electron chi connectivity index (χ4n) is 1.73. The van der Waals surface area contributed by atoms with Crippen LogP contribution in [0.1, 0.15) is 11.4 Å². The maximum atomic E-state index is 11.5. The van der Waals surface area contributed by atoms with Gasteiger partial charge in [0.05, 0.1) is 6.42 Å². The number of benzene rings is 1. The predicted octanol–water partition coefficient (Wildman–Crippen LogP) is 1.69. The number of nitrogens with one attached hydrogen (secondary N) is 1. The molecule has 2 rings (SSSR count). The maximum absolute atomic E-state index is 11.5. The molecule has 0 saturated heterocycles. The molecule has 0 atom stereocenters. The summed E-state index contributed by atoms with van der Waals surface area (Å²) in [6.45, 7) is 2.02. The van der Waals surface area contributed by atoms with Gasteiger partial charge < -0.3 is 15.8 Å². The van der Waals surface area contributed by atoms with Crippen molar-refractivity contribution in [1.82, 2.24) is 15.0 Å². The SMILES string of the molecule is COCC(=O)Cc1nc(N)nc(Nc2ccc(C)cc2)n1.Cl. The van der Waals surface area contributed by atoms with Gasteiger partial charge in [0.2, 0.25) is 11.9 Å². The molecule has 22 heavy (non-hydrogen) atoms. The standard InChI is InChI=1S/C14H17N5O2.ClH/c1-9-3-5-10(6-4-9)16-14-18-12(17-13(15)19-14)7-11(20)8-21-2;/h3-6H,7-8H2,1-2H3,(H3,15,16,17,18,19);1H. The summed E-state index contributed by atoms with van der Waals surface area (Å²) in [7, 11) is 1.46. The van der Waals surface area contributed by atoms with Crippen molar-refractivity contribution in [3.8, 4) is 0 Å². The van der Waals surface area contributed by atoms with Crippen LogP contribution >= 0.6 is 12.4 Å². The molecule has 7 nitrogen and oxygen atoms in total. The number of nitrogens with two attached hydrogens (primary N) is 1. The number of nitrogen functional groups attached to an aromatic ring is 1. The lowest BCUT2D eigenvalue weighted by Crippen LogP contribution is -2.14. The van der Waals surface area contributed by atoms with E-state index in [2.05, 4.69) is 20.3 Å². The highest BCUT2D eigenvalue weighted by Gasteiger charge is 2.09. The van der Waals surface area contributed by atoms with E-state index in [0.717, 1.165) is 11.3 Å². The molecule has 1 aromatic heterocycles. The Morgan fingerprint density at radius 1 is 1.23 bits per heavy atom. The van der Waals surface area contributed by atoms with Gasteiger partial charge in [0, 0.05) is 12.8 Å². The van der Waals surface area contributed by atoms with E-state index in [0.29, 0.717) is 11.8 Å². The number of ether oxygens (including phenoxy) is 1. The number of anilines is 3. The van der Waals surface area contributed by atoms with E-state index >= 15 is 0 Å². The van der Waals surface area contributed by atoms with Crippen LogP contribution in [0.25, 0.3) is 0 Å². The number of nitrogens with zero attached hydrogens (tertiary/aromatic N) is 3. The fraction of sp³-hybridized carbons (Fsp3) is 0.286. The lowest BCUT2D eigenvalue weighted by Gasteiger charge is -2.07. The predicted molar refractivity (Wildman–Crippen MR) is 86.5 cm³/mol. The Balaban J connectivity index is 0.00000242. The zero-order valence-electron chi connectivity index (χ0n) is 12.4. The molecular formula is C14H18ClN5O2. The Morgan fingerprint density at radius 3 is 2.55 bits per heavy atom. The molecule has 1 heterocycles. The molecule has 0 saturated carbocycles. The summed E-state index contributed by atoms with van der Waals surface area (Å²) in [4.78, 5) is 23.7. The van der Waals surface area contributed by atoms with Crippen LogP contribution in [-0.2, 0) is 16.0 Å². The number of rotatable bonds is 6. The molecule has 0 fully saturated rings. The third kappa shape index (κ3) is 5.27. The van der Waals surface area contributed by atoms with Crippen molar-refractivity contribution >= 4 is 35.8 Å². The van der Waals surface area contributed by atoms with E-state index in [1.807, 2.05) is 31.2 Å². The second-order valence-corrected chi connectivity index (χ2v) is 4.57. The number of halogens is 1. The Kier molecular flexibility index (Phi) is 6.68. The fourth-order valence-corrected chi connectivity index (χ4v) is 1.73. The van der Waals surface area contributed by atoms with Gasteiger partial charge in [0.1, 0.15) is 12.4 Å². The number of carbonyl (C=O) groups excluding carboxylic acids is 1. The second kappa shape index (κ2) is 8.26. The summed E-state index contributed by atoms with van der Waals surface area (Å²) in [5.74, 6) is 0.579. The van der Waals surface area contributed by atoms with E-state index in [-0.39, 0.29) is 37.2 Å². The lowest BCUT2D eigenvalue weighted by molar-refractivity contribution is -0.122.